The minimum Gasteiger partial charge on any atom is -0.497 e. The van der Waals surface area contributed by atoms with Crippen LogP contribution in [0.3, 0.4) is 0 Å². The molecule has 1 aliphatic heterocycles. The minimum absolute atomic E-state index is 0.106. The molecule has 0 bridgehead atoms. The number of rotatable bonds is 5. The molecule has 2 atom stereocenters. The second-order valence-corrected chi connectivity index (χ2v) is 7.13. The van der Waals surface area contributed by atoms with Crippen molar-refractivity contribution in [3.63, 3.8) is 0 Å². The Morgan fingerprint density at radius 2 is 1.87 bits per heavy atom. The highest BCUT2D eigenvalue weighted by Crippen LogP contribution is 2.34. The van der Waals surface area contributed by atoms with E-state index in [0.717, 1.165) is 44.6 Å². The standard InChI is InChI=1S/C19H28N2O2/c1-23-18-6-4-15(5-7-18)16-8-10-21(11-9-16)13-14-2-3-17(12-14)19(20)22/h4-7,14,16-17H,2-3,8-13H2,1H3,(H2,20,22)/t14-,17+/m0/s1. The molecule has 1 amide bonds. The highest BCUT2D eigenvalue weighted by Gasteiger charge is 2.30. The van der Waals surface area contributed by atoms with Crippen LogP contribution in [0.4, 0.5) is 0 Å². The van der Waals surface area contributed by atoms with Gasteiger partial charge in [0.1, 0.15) is 5.75 Å². The molecule has 0 unspecified atom stereocenters. The van der Waals surface area contributed by atoms with Crippen LogP contribution in [0.25, 0.3) is 0 Å². The van der Waals surface area contributed by atoms with Crippen LogP contribution in [0.15, 0.2) is 24.3 Å². The summed E-state index contributed by atoms with van der Waals surface area (Å²) in [6, 6.07) is 8.52. The van der Waals surface area contributed by atoms with Crippen molar-refractivity contribution in [1.29, 1.82) is 0 Å². The number of amides is 1. The summed E-state index contributed by atoms with van der Waals surface area (Å²) in [6.45, 7) is 3.46. The molecule has 2 N–H and O–H groups in total. The first-order chi connectivity index (χ1) is 11.2. The Hall–Kier alpha value is -1.55. The van der Waals surface area contributed by atoms with Gasteiger partial charge < -0.3 is 15.4 Å². The van der Waals surface area contributed by atoms with Crippen molar-refractivity contribution in [3.8, 4) is 5.75 Å². The Labute approximate surface area is 139 Å². The third-order valence-electron chi connectivity index (χ3n) is 5.63. The van der Waals surface area contributed by atoms with Crippen LogP contribution in [-0.2, 0) is 4.79 Å². The van der Waals surface area contributed by atoms with Gasteiger partial charge in [0.25, 0.3) is 0 Å². The van der Waals surface area contributed by atoms with Gasteiger partial charge in [0, 0.05) is 12.5 Å². The summed E-state index contributed by atoms with van der Waals surface area (Å²) < 4.78 is 5.23. The lowest BCUT2D eigenvalue weighted by atomic mass is 9.89. The molecule has 1 saturated carbocycles. The molecule has 1 saturated heterocycles. The maximum Gasteiger partial charge on any atom is 0.220 e. The SMILES string of the molecule is COc1ccc(C2CCN(C[C@H]3CC[C@@H](C(N)=O)C3)CC2)cc1. The van der Waals surface area contributed by atoms with Gasteiger partial charge in [-0.3, -0.25) is 4.79 Å². The molecule has 0 radical (unpaired) electrons. The van der Waals surface area contributed by atoms with Gasteiger partial charge in [-0.25, -0.2) is 0 Å². The number of piperidine rings is 1. The van der Waals surface area contributed by atoms with Gasteiger partial charge in [-0.1, -0.05) is 12.1 Å². The van der Waals surface area contributed by atoms with Crippen molar-refractivity contribution in [2.45, 2.75) is 38.0 Å². The molecule has 0 spiro atoms. The normalized spacial score (nSPS) is 26.3. The smallest absolute Gasteiger partial charge is 0.220 e. The lowest BCUT2D eigenvalue weighted by Gasteiger charge is -2.33. The van der Waals surface area contributed by atoms with Crippen molar-refractivity contribution in [3.05, 3.63) is 29.8 Å². The zero-order chi connectivity index (χ0) is 16.2. The topological polar surface area (TPSA) is 55.6 Å². The predicted molar refractivity (Wildman–Crippen MR) is 91.4 cm³/mol. The summed E-state index contributed by atoms with van der Waals surface area (Å²) >= 11 is 0. The molecule has 2 aliphatic rings. The maximum absolute atomic E-state index is 11.3. The molecule has 23 heavy (non-hydrogen) atoms. The number of ether oxygens (including phenoxy) is 1. The summed E-state index contributed by atoms with van der Waals surface area (Å²) in [5.41, 5.74) is 6.87. The number of nitrogens with zero attached hydrogens (tertiary/aromatic N) is 1. The van der Waals surface area contributed by atoms with E-state index in [-0.39, 0.29) is 11.8 Å². The maximum atomic E-state index is 11.3. The van der Waals surface area contributed by atoms with E-state index in [0.29, 0.717) is 11.8 Å². The van der Waals surface area contributed by atoms with Crippen LogP contribution in [0.5, 0.6) is 5.75 Å². The van der Waals surface area contributed by atoms with Crippen LogP contribution in [0.1, 0.15) is 43.6 Å². The molecule has 1 aromatic carbocycles. The van der Waals surface area contributed by atoms with Crippen LogP contribution in [0.2, 0.25) is 0 Å². The van der Waals surface area contributed by atoms with Crippen LogP contribution >= 0.6 is 0 Å². The fraction of sp³-hybridized carbons (Fsp3) is 0.632. The predicted octanol–water partition coefficient (Wildman–Crippen LogP) is 2.78. The van der Waals surface area contributed by atoms with Gasteiger partial charge in [0.05, 0.1) is 7.11 Å². The highest BCUT2D eigenvalue weighted by atomic mass is 16.5. The Bertz CT molecular complexity index is 521. The number of methoxy groups -OCH3 is 1. The number of carbonyl (C=O) groups excluding carboxylic acids is 1. The summed E-state index contributed by atoms with van der Waals surface area (Å²) in [5, 5.41) is 0. The molecule has 126 valence electrons. The van der Waals surface area contributed by atoms with Gasteiger partial charge in [-0.2, -0.15) is 0 Å². The Morgan fingerprint density at radius 3 is 2.43 bits per heavy atom. The van der Waals surface area contributed by atoms with E-state index < -0.39 is 0 Å². The van der Waals surface area contributed by atoms with Crippen molar-refractivity contribution in [2.24, 2.45) is 17.6 Å². The summed E-state index contributed by atoms with van der Waals surface area (Å²) in [5.74, 6) is 2.27. The van der Waals surface area contributed by atoms with Crippen molar-refractivity contribution >= 4 is 5.91 Å². The Kier molecular flexibility index (Phi) is 5.21. The molecular weight excluding hydrogens is 288 g/mol. The molecule has 1 aliphatic carbocycles. The molecule has 3 rings (SSSR count). The zero-order valence-corrected chi connectivity index (χ0v) is 14.0. The molecule has 0 aromatic heterocycles. The number of carbonyl (C=O) groups is 1. The van der Waals surface area contributed by atoms with E-state index in [1.54, 1.807) is 7.11 Å². The van der Waals surface area contributed by atoms with Crippen molar-refractivity contribution in [2.75, 3.05) is 26.7 Å². The lowest BCUT2D eigenvalue weighted by molar-refractivity contribution is -0.121. The first-order valence-corrected chi connectivity index (χ1v) is 8.81. The lowest BCUT2D eigenvalue weighted by Crippen LogP contribution is -2.36. The fourth-order valence-corrected chi connectivity index (χ4v) is 4.19. The number of likely N-dealkylation sites (tertiary alicyclic amines) is 1. The monoisotopic (exact) mass is 316 g/mol. The summed E-state index contributed by atoms with van der Waals surface area (Å²) in [7, 11) is 1.71. The van der Waals surface area contributed by atoms with Gasteiger partial charge in [0.15, 0.2) is 0 Å². The van der Waals surface area contributed by atoms with Gasteiger partial charge in [-0.15, -0.1) is 0 Å². The van der Waals surface area contributed by atoms with E-state index in [1.165, 1.54) is 18.4 Å². The van der Waals surface area contributed by atoms with Crippen LogP contribution in [-0.4, -0.2) is 37.6 Å². The first-order valence-electron chi connectivity index (χ1n) is 8.81. The Morgan fingerprint density at radius 1 is 1.17 bits per heavy atom. The Balaban J connectivity index is 1.46. The second-order valence-electron chi connectivity index (χ2n) is 7.13. The quantitative estimate of drug-likeness (QED) is 0.909. The molecular formula is C19H28N2O2. The van der Waals surface area contributed by atoms with E-state index in [4.69, 9.17) is 10.5 Å². The minimum atomic E-state index is -0.106. The van der Waals surface area contributed by atoms with E-state index >= 15 is 0 Å². The summed E-state index contributed by atoms with van der Waals surface area (Å²) in [4.78, 5) is 13.9. The average molecular weight is 316 g/mol. The van der Waals surface area contributed by atoms with Gasteiger partial charge in [0.2, 0.25) is 5.91 Å². The largest absolute Gasteiger partial charge is 0.497 e. The van der Waals surface area contributed by atoms with Crippen molar-refractivity contribution in [1.82, 2.24) is 4.90 Å². The third kappa shape index (κ3) is 4.05. The van der Waals surface area contributed by atoms with E-state index in [9.17, 15) is 4.79 Å². The average Bonchev–Trinajstić information content (AvgIpc) is 3.04. The number of hydrogen-bond donors (Lipinski definition) is 1. The molecule has 4 nitrogen and oxygen atoms in total. The highest BCUT2D eigenvalue weighted by molar-refractivity contribution is 5.76. The molecule has 2 fully saturated rings. The van der Waals surface area contributed by atoms with E-state index in [2.05, 4.69) is 29.2 Å². The van der Waals surface area contributed by atoms with E-state index in [1.807, 2.05) is 0 Å². The summed E-state index contributed by atoms with van der Waals surface area (Å²) in [6.07, 6.45) is 5.58. The van der Waals surface area contributed by atoms with Gasteiger partial charge >= 0.3 is 0 Å². The van der Waals surface area contributed by atoms with Crippen molar-refractivity contribution < 1.29 is 9.53 Å². The number of benzene rings is 1. The second kappa shape index (κ2) is 7.35. The first kappa shape index (κ1) is 16.3. The van der Waals surface area contributed by atoms with Crippen LogP contribution < -0.4 is 10.5 Å². The fourth-order valence-electron chi connectivity index (χ4n) is 4.19. The molecule has 1 heterocycles. The third-order valence-corrected chi connectivity index (χ3v) is 5.63. The number of hydrogen-bond acceptors (Lipinski definition) is 3. The van der Waals surface area contributed by atoms with Crippen LogP contribution in [0, 0.1) is 11.8 Å². The zero-order valence-electron chi connectivity index (χ0n) is 14.0. The molecule has 1 aromatic rings. The molecule has 4 heteroatoms. The number of primary amides is 1. The number of nitrogens with two attached hydrogens (primary N) is 1. The van der Waals surface area contributed by atoms with Gasteiger partial charge in [-0.05, 0) is 74.7 Å².